The van der Waals surface area contributed by atoms with Crippen LogP contribution in [0.5, 0.6) is 0 Å². The summed E-state index contributed by atoms with van der Waals surface area (Å²) in [6.07, 6.45) is 4.83. The molecule has 0 atom stereocenters. The zero-order valence-electron chi connectivity index (χ0n) is 17.5. The molecular weight excluding hydrogens is 389 g/mol. The first-order chi connectivity index (χ1) is 15.2. The average Bonchev–Trinajstić information content (AvgIpc) is 2.83. The molecule has 3 nitrogen and oxygen atoms in total. The number of allylic oxidation sites excluding steroid dienone is 1. The summed E-state index contributed by atoms with van der Waals surface area (Å²) >= 11 is 0. The Hall–Kier alpha value is -3.00. The van der Waals surface area contributed by atoms with E-state index < -0.39 is 6.29 Å². The number of hydrogen-bond acceptors (Lipinski definition) is 3. The molecule has 0 radical (unpaired) electrons. The highest BCUT2D eigenvalue weighted by molar-refractivity contribution is 5.84. The first-order valence-electron chi connectivity index (χ1n) is 10.7. The maximum absolute atomic E-state index is 15.1. The molecular formula is C27H26FNO2. The summed E-state index contributed by atoms with van der Waals surface area (Å²) in [4.78, 5) is 0. The summed E-state index contributed by atoms with van der Waals surface area (Å²) < 4.78 is 26.9. The van der Waals surface area contributed by atoms with Crippen LogP contribution in [-0.4, -0.2) is 13.2 Å². The smallest absolute Gasteiger partial charge is 0.183 e. The number of nitriles is 1. The molecule has 3 aromatic carbocycles. The molecule has 0 spiro atoms. The van der Waals surface area contributed by atoms with E-state index >= 15 is 4.39 Å². The van der Waals surface area contributed by atoms with Crippen LogP contribution >= 0.6 is 0 Å². The van der Waals surface area contributed by atoms with Crippen LogP contribution in [0.3, 0.4) is 0 Å². The molecule has 4 heteroatoms. The minimum absolute atomic E-state index is 0.173. The topological polar surface area (TPSA) is 42.2 Å². The van der Waals surface area contributed by atoms with Gasteiger partial charge in [-0.3, -0.25) is 0 Å². The Labute approximate surface area is 182 Å². The zero-order chi connectivity index (χ0) is 21.6. The third kappa shape index (κ3) is 5.02. The van der Waals surface area contributed by atoms with Crippen LogP contribution in [0.15, 0.2) is 67.3 Å². The van der Waals surface area contributed by atoms with Crippen LogP contribution in [-0.2, 0) is 22.3 Å². The fraction of sp³-hybridized carbons (Fsp3) is 0.296. The summed E-state index contributed by atoms with van der Waals surface area (Å²) in [6, 6.07) is 19.1. The van der Waals surface area contributed by atoms with E-state index in [2.05, 4.69) is 12.6 Å². The van der Waals surface area contributed by atoms with Crippen molar-refractivity contribution >= 4 is 10.8 Å². The molecule has 1 saturated heterocycles. The fourth-order valence-corrected chi connectivity index (χ4v) is 3.98. The third-order valence-electron chi connectivity index (χ3n) is 5.84. The molecule has 1 fully saturated rings. The highest BCUT2D eigenvalue weighted by atomic mass is 19.1. The van der Waals surface area contributed by atoms with Gasteiger partial charge in [0.15, 0.2) is 6.29 Å². The fourth-order valence-electron chi connectivity index (χ4n) is 3.98. The first-order valence-corrected chi connectivity index (χ1v) is 10.7. The Morgan fingerprint density at radius 1 is 1.03 bits per heavy atom. The van der Waals surface area contributed by atoms with Gasteiger partial charge in [-0.15, -0.1) is 6.58 Å². The van der Waals surface area contributed by atoms with Gasteiger partial charge in [-0.05, 0) is 60.4 Å². The van der Waals surface area contributed by atoms with Crippen molar-refractivity contribution in [3.05, 3.63) is 95.3 Å². The van der Waals surface area contributed by atoms with Gasteiger partial charge in [0.25, 0.3) is 0 Å². The molecule has 31 heavy (non-hydrogen) atoms. The van der Waals surface area contributed by atoms with Crippen molar-refractivity contribution in [2.75, 3.05) is 13.2 Å². The quantitative estimate of drug-likeness (QED) is 0.428. The number of aryl methyl sites for hydroxylation is 2. The van der Waals surface area contributed by atoms with E-state index in [1.165, 1.54) is 0 Å². The van der Waals surface area contributed by atoms with Gasteiger partial charge in [-0.25, -0.2) is 4.39 Å². The van der Waals surface area contributed by atoms with Gasteiger partial charge >= 0.3 is 0 Å². The summed E-state index contributed by atoms with van der Waals surface area (Å²) in [5, 5.41) is 10.4. The van der Waals surface area contributed by atoms with Gasteiger partial charge in [-0.2, -0.15) is 5.26 Å². The minimum Gasteiger partial charge on any atom is -0.348 e. The highest BCUT2D eigenvalue weighted by Gasteiger charge is 2.23. The van der Waals surface area contributed by atoms with Gasteiger partial charge in [0.2, 0.25) is 0 Å². The molecule has 0 aliphatic carbocycles. The molecule has 0 saturated carbocycles. The molecule has 158 valence electrons. The van der Waals surface area contributed by atoms with E-state index in [9.17, 15) is 0 Å². The van der Waals surface area contributed by atoms with Crippen molar-refractivity contribution in [1.82, 2.24) is 0 Å². The highest BCUT2D eigenvalue weighted by Crippen LogP contribution is 2.30. The Balaban J connectivity index is 1.44. The van der Waals surface area contributed by atoms with E-state index in [0.29, 0.717) is 42.1 Å². The van der Waals surface area contributed by atoms with Crippen LogP contribution in [0.2, 0.25) is 0 Å². The lowest BCUT2D eigenvalue weighted by Crippen LogP contribution is -2.27. The molecule has 4 rings (SSSR count). The summed E-state index contributed by atoms with van der Waals surface area (Å²) in [5.74, 6) is 0.221. The number of benzene rings is 3. The van der Waals surface area contributed by atoms with Crippen LogP contribution in [0.1, 0.15) is 41.4 Å². The molecule has 0 unspecified atom stereocenters. The second kappa shape index (κ2) is 9.87. The summed E-state index contributed by atoms with van der Waals surface area (Å²) in [6.45, 7) is 5.09. The van der Waals surface area contributed by atoms with Gasteiger partial charge in [-0.1, -0.05) is 42.5 Å². The van der Waals surface area contributed by atoms with E-state index in [0.717, 1.165) is 35.8 Å². The number of fused-ring (bicyclic) bond motifs is 1. The number of nitrogens with zero attached hydrogens (tertiary/aromatic N) is 1. The number of ether oxygens (including phenoxy) is 2. The summed E-state index contributed by atoms with van der Waals surface area (Å²) in [5.41, 5.74) is 3.33. The average molecular weight is 416 g/mol. The van der Waals surface area contributed by atoms with Crippen molar-refractivity contribution < 1.29 is 13.9 Å². The van der Waals surface area contributed by atoms with E-state index in [-0.39, 0.29) is 5.82 Å². The first kappa shape index (κ1) is 21.2. The molecule has 1 aliphatic heterocycles. The maximum Gasteiger partial charge on any atom is 0.183 e. The largest absolute Gasteiger partial charge is 0.348 e. The SMILES string of the molecule is C=CCCC1COC(c2ccc3c(F)c(CCc4ccc(C#N)cc4)ccc3c2)OC1. The zero-order valence-corrected chi connectivity index (χ0v) is 17.5. The standard InChI is InChI=1S/C27H26FNO2/c1-2-3-4-21-17-30-27(31-18-21)24-13-14-25-23(15-24)12-11-22(26(25)28)10-9-19-5-7-20(16-29)8-6-19/h2,5-8,11-15,21,27H,1,3-4,9-10,17-18H2. The molecule has 0 bridgehead atoms. The third-order valence-corrected chi connectivity index (χ3v) is 5.84. The number of rotatable bonds is 7. The van der Waals surface area contributed by atoms with Crippen molar-refractivity contribution in [1.29, 1.82) is 5.26 Å². The van der Waals surface area contributed by atoms with Crippen molar-refractivity contribution in [2.45, 2.75) is 32.0 Å². The second-order valence-electron chi connectivity index (χ2n) is 8.06. The molecule has 0 aromatic heterocycles. The Kier molecular flexibility index (Phi) is 6.76. The molecule has 0 amide bonds. The Bertz CT molecular complexity index is 1090. The minimum atomic E-state index is -0.400. The normalized spacial score (nSPS) is 18.6. The Morgan fingerprint density at radius 2 is 1.81 bits per heavy atom. The lowest BCUT2D eigenvalue weighted by molar-refractivity contribution is -0.205. The van der Waals surface area contributed by atoms with Crippen LogP contribution < -0.4 is 0 Å². The summed E-state index contributed by atoms with van der Waals surface area (Å²) in [7, 11) is 0. The predicted molar refractivity (Wildman–Crippen MR) is 120 cm³/mol. The monoisotopic (exact) mass is 415 g/mol. The van der Waals surface area contributed by atoms with Crippen molar-refractivity contribution in [3.8, 4) is 6.07 Å². The Morgan fingerprint density at radius 3 is 2.52 bits per heavy atom. The maximum atomic E-state index is 15.1. The van der Waals surface area contributed by atoms with Crippen molar-refractivity contribution in [3.63, 3.8) is 0 Å². The predicted octanol–water partition coefficient (Wildman–Crippen LogP) is 6.26. The van der Waals surface area contributed by atoms with Crippen LogP contribution in [0, 0.1) is 23.1 Å². The van der Waals surface area contributed by atoms with E-state index in [1.54, 1.807) is 12.1 Å². The number of halogens is 1. The molecule has 1 heterocycles. The van der Waals surface area contributed by atoms with E-state index in [4.69, 9.17) is 14.7 Å². The second-order valence-corrected chi connectivity index (χ2v) is 8.06. The lowest BCUT2D eigenvalue weighted by atomic mass is 9.98. The van der Waals surface area contributed by atoms with Crippen LogP contribution in [0.4, 0.5) is 4.39 Å². The van der Waals surface area contributed by atoms with E-state index in [1.807, 2.05) is 48.5 Å². The molecule has 3 aromatic rings. The lowest BCUT2D eigenvalue weighted by Gasteiger charge is -2.29. The van der Waals surface area contributed by atoms with Crippen molar-refractivity contribution in [2.24, 2.45) is 5.92 Å². The van der Waals surface area contributed by atoms with Gasteiger partial charge in [0.1, 0.15) is 5.82 Å². The number of hydrogen-bond donors (Lipinski definition) is 0. The van der Waals surface area contributed by atoms with Gasteiger partial charge < -0.3 is 9.47 Å². The molecule has 1 aliphatic rings. The van der Waals surface area contributed by atoms with Gasteiger partial charge in [0, 0.05) is 16.9 Å². The van der Waals surface area contributed by atoms with Gasteiger partial charge in [0.05, 0.1) is 24.8 Å². The van der Waals surface area contributed by atoms with Crippen LogP contribution in [0.25, 0.3) is 10.8 Å². The molecule has 0 N–H and O–H groups in total.